The summed E-state index contributed by atoms with van der Waals surface area (Å²) >= 11 is 0. The summed E-state index contributed by atoms with van der Waals surface area (Å²) in [6.45, 7) is 2.83. The molecule has 0 aliphatic rings. The summed E-state index contributed by atoms with van der Waals surface area (Å²) in [6.07, 6.45) is 1.54. The van der Waals surface area contributed by atoms with Crippen molar-refractivity contribution in [2.45, 2.75) is 13.5 Å². The second-order valence-electron chi connectivity index (χ2n) is 6.29. The Balaban J connectivity index is 1.60. The molecule has 1 N–H and O–H groups in total. The van der Waals surface area contributed by atoms with Crippen molar-refractivity contribution >= 4 is 12.1 Å². The number of rotatable bonds is 8. The molecule has 150 valence electrons. The van der Waals surface area contributed by atoms with Crippen molar-refractivity contribution in [3.05, 3.63) is 95.1 Å². The predicted octanol–water partition coefficient (Wildman–Crippen LogP) is 4.30. The average Bonchev–Trinajstić information content (AvgIpc) is 2.79. The van der Waals surface area contributed by atoms with Crippen LogP contribution in [0.1, 0.15) is 34.0 Å². The Labute approximate surface area is 175 Å². The molecular weight excluding hydrogens is 378 g/mol. The van der Waals surface area contributed by atoms with Crippen molar-refractivity contribution in [3.8, 4) is 17.6 Å². The van der Waals surface area contributed by atoms with Crippen molar-refractivity contribution in [1.82, 2.24) is 5.43 Å². The Morgan fingerprint density at radius 1 is 1.03 bits per heavy atom. The zero-order valence-electron chi connectivity index (χ0n) is 16.5. The largest absolute Gasteiger partial charge is 0.494 e. The van der Waals surface area contributed by atoms with Crippen LogP contribution >= 0.6 is 0 Å². The number of hydrazone groups is 1. The van der Waals surface area contributed by atoms with Gasteiger partial charge in [-0.3, -0.25) is 4.79 Å². The highest BCUT2D eigenvalue weighted by atomic mass is 16.5. The lowest BCUT2D eigenvalue weighted by Crippen LogP contribution is -2.17. The lowest BCUT2D eigenvalue weighted by atomic mass is 10.1. The monoisotopic (exact) mass is 399 g/mol. The molecule has 6 nitrogen and oxygen atoms in total. The highest BCUT2D eigenvalue weighted by molar-refractivity contribution is 5.95. The molecule has 0 fully saturated rings. The Morgan fingerprint density at radius 2 is 1.77 bits per heavy atom. The SMILES string of the molecule is CCOc1ccc(C(=O)N/N=C/c2ccccc2OCc2ccc(C#N)cc2)cc1. The minimum atomic E-state index is -0.315. The third-order valence-electron chi connectivity index (χ3n) is 4.19. The standard InChI is InChI=1S/C24H21N3O3/c1-2-29-22-13-11-20(12-14-22)24(28)27-26-16-21-5-3-4-6-23(21)30-17-19-9-7-18(15-25)8-10-19/h3-14,16H,2,17H2,1H3,(H,27,28)/b26-16+. The maximum atomic E-state index is 12.2. The van der Waals surface area contributed by atoms with E-state index in [1.165, 1.54) is 0 Å². The van der Waals surface area contributed by atoms with Crippen LogP contribution in [0.2, 0.25) is 0 Å². The number of nitrogens with zero attached hydrogens (tertiary/aromatic N) is 2. The van der Waals surface area contributed by atoms with Gasteiger partial charge in [-0.25, -0.2) is 5.43 Å². The molecule has 0 unspecified atom stereocenters. The Morgan fingerprint density at radius 3 is 2.47 bits per heavy atom. The second-order valence-corrected chi connectivity index (χ2v) is 6.29. The second kappa shape index (κ2) is 10.4. The van der Waals surface area contributed by atoms with Gasteiger partial charge in [0.05, 0.1) is 24.5 Å². The van der Waals surface area contributed by atoms with Crippen LogP contribution in [0.4, 0.5) is 0 Å². The number of benzene rings is 3. The maximum absolute atomic E-state index is 12.2. The number of para-hydroxylation sites is 1. The minimum absolute atomic E-state index is 0.315. The predicted molar refractivity (Wildman–Crippen MR) is 115 cm³/mol. The van der Waals surface area contributed by atoms with Crippen LogP contribution in [-0.2, 0) is 6.61 Å². The molecule has 0 atom stereocenters. The van der Waals surface area contributed by atoms with Crippen LogP contribution in [0.15, 0.2) is 77.9 Å². The van der Waals surface area contributed by atoms with Crippen LogP contribution in [0, 0.1) is 11.3 Å². The zero-order chi connectivity index (χ0) is 21.2. The first-order chi connectivity index (χ1) is 14.7. The normalized spacial score (nSPS) is 10.4. The summed E-state index contributed by atoms with van der Waals surface area (Å²) in [5.74, 6) is 1.04. The molecule has 0 aromatic heterocycles. The molecule has 0 aliphatic heterocycles. The van der Waals surface area contributed by atoms with E-state index in [0.717, 1.165) is 11.1 Å². The van der Waals surface area contributed by atoms with Gasteiger partial charge >= 0.3 is 0 Å². The van der Waals surface area contributed by atoms with Gasteiger partial charge in [0.25, 0.3) is 5.91 Å². The van der Waals surface area contributed by atoms with Crippen molar-refractivity contribution in [3.63, 3.8) is 0 Å². The summed E-state index contributed by atoms with van der Waals surface area (Å²) in [5.41, 5.74) is 5.29. The van der Waals surface area contributed by atoms with Gasteiger partial charge in [-0.15, -0.1) is 0 Å². The molecule has 0 heterocycles. The van der Waals surface area contributed by atoms with Crippen molar-refractivity contribution in [2.75, 3.05) is 6.61 Å². The van der Waals surface area contributed by atoms with Gasteiger partial charge < -0.3 is 9.47 Å². The van der Waals surface area contributed by atoms with Gasteiger partial charge in [0.2, 0.25) is 0 Å². The van der Waals surface area contributed by atoms with Crippen molar-refractivity contribution < 1.29 is 14.3 Å². The lowest BCUT2D eigenvalue weighted by molar-refractivity contribution is 0.0955. The molecule has 6 heteroatoms. The van der Waals surface area contributed by atoms with Crippen LogP contribution in [0.25, 0.3) is 0 Å². The van der Waals surface area contributed by atoms with E-state index < -0.39 is 0 Å². The maximum Gasteiger partial charge on any atom is 0.271 e. The fourth-order valence-electron chi connectivity index (χ4n) is 2.65. The first kappa shape index (κ1) is 20.6. The third-order valence-corrected chi connectivity index (χ3v) is 4.19. The van der Waals surface area contributed by atoms with Crippen molar-refractivity contribution in [1.29, 1.82) is 5.26 Å². The van der Waals surface area contributed by atoms with Crippen LogP contribution < -0.4 is 14.9 Å². The fraction of sp³-hybridized carbons (Fsp3) is 0.125. The Kier molecular flexibility index (Phi) is 7.17. The first-order valence-electron chi connectivity index (χ1n) is 9.46. The molecule has 3 aromatic rings. The van der Waals surface area contributed by atoms with Crippen molar-refractivity contribution in [2.24, 2.45) is 5.10 Å². The number of nitriles is 1. The van der Waals surface area contributed by atoms with Gasteiger partial charge in [0.1, 0.15) is 18.1 Å². The number of ether oxygens (including phenoxy) is 2. The van der Waals surface area contributed by atoms with E-state index in [1.54, 1.807) is 42.6 Å². The average molecular weight is 399 g/mol. The van der Waals surface area contributed by atoms with Crippen LogP contribution in [-0.4, -0.2) is 18.7 Å². The molecular formula is C24H21N3O3. The molecule has 1 amide bonds. The smallest absolute Gasteiger partial charge is 0.271 e. The number of carbonyl (C=O) groups excluding carboxylic acids is 1. The molecule has 0 bridgehead atoms. The van der Waals surface area contributed by atoms with Gasteiger partial charge in [0.15, 0.2) is 0 Å². The van der Waals surface area contributed by atoms with Gasteiger partial charge in [0, 0.05) is 11.1 Å². The van der Waals surface area contributed by atoms with Crippen LogP contribution in [0.5, 0.6) is 11.5 Å². The summed E-state index contributed by atoms with van der Waals surface area (Å²) in [5, 5.41) is 12.9. The van der Waals surface area contributed by atoms with Gasteiger partial charge in [-0.05, 0) is 61.0 Å². The molecule has 0 aliphatic carbocycles. The highest BCUT2D eigenvalue weighted by Gasteiger charge is 2.05. The van der Waals surface area contributed by atoms with E-state index >= 15 is 0 Å². The molecule has 3 rings (SSSR count). The number of carbonyl (C=O) groups is 1. The minimum Gasteiger partial charge on any atom is -0.494 e. The van der Waals surface area contributed by atoms with Gasteiger partial charge in [-0.2, -0.15) is 10.4 Å². The highest BCUT2D eigenvalue weighted by Crippen LogP contribution is 2.18. The molecule has 0 saturated heterocycles. The Bertz CT molecular complexity index is 1050. The van der Waals surface area contributed by atoms with Gasteiger partial charge in [-0.1, -0.05) is 24.3 Å². The number of hydrogen-bond donors (Lipinski definition) is 1. The quantitative estimate of drug-likeness (QED) is 0.452. The molecule has 0 saturated carbocycles. The number of hydrogen-bond acceptors (Lipinski definition) is 5. The van der Waals surface area contributed by atoms with E-state index in [-0.39, 0.29) is 5.91 Å². The number of nitrogens with one attached hydrogen (secondary N) is 1. The zero-order valence-corrected chi connectivity index (χ0v) is 16.5. The molecule has 30 heavy (non-hydrogen) atoms. The topological polar surface area (TPSA) is 83.7 Å². The third kappa shape index (κ3) is 5.69. The summed E-state index contributed by atoms with van der Waals surface area (Å²) in [7, 11) is 0. The van der Waals surface area contributed by atoms with E-state index in [4.69, 9.17) is 14.7 Å². The van der Waals surface area contributed by atoms with Crippen LogP contribution in [0.3, 0.4) is 0 Å². The summed E-state index contributed by atoms with van der Waals surface area (Å²) in [4.78, 5) is 12.2. The molecule has 0 radical (unpaired) electrons. The summed E-state index contributed by atoms with van der Waals surface area (Å²) < 4.78 is 11.2. The molecule has 3 aromatic carbocycles. The lowest BCUT2D eigenvalue weighted by Gasteiger charge is -2.09. The van der Waals surface area contributed by atoms with E-state index in [9.17, 15) is 4.79 Å². The molecule has 0 spiro atoms. The van der Waals surface area contributed by atoms with E-state index in [1.807, 2.05) is 43.3 Å². The number of amides is 1. The van der Waals surface area contributed by atoms with E-state index in [0.29, 0.717) is 35.8 Å². The van der Waals surface area contributed by atoms with E-state index in [2.05, 4.69) is 16.6 Å². The fourth-order valence-corrected chi connectivity index (χ4v) is 2.65. The summed E-state index contributed by atoms with van der Waals surface area (Å²) in [6, 6.07) is 23.6. The Hall–Kier alpha value is -4.11. The first-order valence-corrected chi connectivity index (χ1v) is 9.46.